The van der Waals surface area contributed by atoms with Gasteiger partial charge in [-0.3, -0.25) is 4.79 Å². The Morgan fingerprint density at radius 3 is 0.844 bits per heavy atom. The van der Waals surface area contributed by atoms with E-state index in [2.05, 4.69) is 59.2 Å². The number of Topliss-reactive ketones (excluding diaryl/α,β-unsaturated/α-hetero) is 1. The van der Waals surface area contributed by atoms with E-state index in [-0.39, 0.29) is 5.78 Å². The van der Waals surface area contributed by atoms with Crippen molar-refractivity contribution in [2.75, 3.05) is 0 Å². The summed E-state index contributed by atoms with van der Waals surface area (Å²) in [6.07, 6.45) is 10.9. The van der Waals surface area contributed by atoms with Gasteiger partial charge in [-0.25, -0.2) is 0 Å². The Morgan fingerprint density at radius 1 is 0.378 bits per heavy atom. The van der Waals surface area contributed by atoms with Gasteiger partial charge in [0.1, 0.15) is 0 Å². The molecule has 0 amide bonds. The van der Waals surface area contributed by atoms with Gasteiger partial charge in [-0.15, -0.1) is 12.8 Å². The highest BCUT2D eigenvalue weighted by Gasteiger charge is 1.99. The maximum atomic E-state index is 11.5. The smallest absolute Gasteiger partial charge is 0.159 e. The zero-order valence-electron chi connectivity index (χ0n) is 24.5. The van der Waals surface area contributed by atoms with Crippen molar-refractivity contribution in [2.24, 2.45) is 0 Å². The van der Waals surface area contributed by atoms with E-state index in [1.165, 1.54) is 0 Å². The number of carbonyl (C=O) groups is 1. The number of rotatable bonds is 1. The van der Waals surface area contributed by atoms with Gasteiger partial charge in [0.2, 0.25) is 0 Å². The summed E-state index contributed by atoms with van der Waals surface area (Å²) in [4.78, 5) is 11.5. The molecule has 1 heteroatoms. The third-order valence-corrected chi connectivity index (χ3v) is 6.62. The zero-order valence-corrected chi connectivity index (χ0v) is 24.5. The topological polar surface area (TPSA) is 17.1 Å². The summed E-state index contributed by atoms with van der Waals surface area (Å²) >= 11 is 0. The van der Waals surface area contributed by atoms with Crippen LogP contribution in [0, 0.1) is 72.1 Å². The van der Waals surface area contributed by atoms with Crippen LogP contribution in [-0.4, -0.2) is 5.78 Å². The number of hydrogen-bond acceptors (Lipinski definition) is 1. The standard InChI is InChI=1S/C44H24O/c1-4-34-6-10-36(11-7-34)20-23-41-30-42(24-21-37-12-8-35(5-2)9-13-37)32-43(31-41)25-22-39-16-14-38(15-17-39)18-19-40-26-28-44(29-27-40)33(3)45/h1-2,6-17,26-32H,3H3. The molecule has 5 aromatic rings. The van der Waals surface area contributed by atoms with Crippen molar-refractivity contribution in [3.8, 4) is 72.1 Å². The van der Waals surface area contributed by atoms with Crippen LogP contribution in [-0.2, 0) is 0 Å². The van der Waals surface area contributed by atoms with Gasteiger partial charge in [0.15, 0.2) is 5.78 Å². The molecular formula is C44H24O. The largest absolute Gasteiger partial charge is 0.295 e. The number of terminal acetylenes is 2. The number of hydrogen-bond donors (Lipinski definition) is 0. The minimum absolute atomic E-state index is 0.0359. The van der Waals surface area contributed by atoms with Gasteiger partial charge in [0, 0.05) is 61.2 Å². The molecule has 0 bridgehead atoms. The second kappa shape index (κ2) is 14.3. The van der Waals surface area contributed by atoms with Gasteiger partial charge >= 0.3 is 0 Å². The second-order valence-electron chi connectivity index (χ2n) is 9.95. The fraction of sp³-hybridized carbons (Fsp3) is 0.0227. The monoisotopic (exact) mass is 568 g/mol. The van der Waals surface area contributed by atoms with Gasteiger partial charge in [0.05, 0.1) is 0 Å². The molecule has 45 heavy (non-hydrogen) atoms. The SMILES string of the molecule is C#Cc1ccc(C#Cc2cc(C#Cc3ccc(C#C)cc3)cc(C#Cc3ccc(C#Cc4ccc(C(C)=O)cc4)cc3)c2)cc1. The van der Waals surface area contributed by atoms with Crippen LogP contribution < -0.4 is 0 Å². The van der Waals surface area contributed by atoms with E-state index < -0.39 is 0 Å². The molecule has 206 valence electrons. The highest BCUT2D eigenvalue weighted by molar-refractivity contribution is 5.94. The fourth-order valence-electron chi connectivity index (χ4n) is 4.15. The maximum Gasteiger partial charge on any atom is 0.159 e. The van der Waals surface area contributed by atoms with Gasteiger partial charge in [-0.2, -0.15) is 0 Å². The molecule has 0 saturated heterocycles. The van der Waals surface area contributed by atoms with Crippen molar-refractivity contribution < 1.29 is 4.79 Å². The van der Waals surface area contributed by atoms with Crippen molar-refractivity contribution in [1.29, 1.82) is 0 Å². The van der Waals surface area contributed by atoms with Crippen LogP contribution in [0.4, 0.5) is 0 Å². The van der Waals surface area contributed by atoms with Crippen LogP contribution in [0.15, 0.2) is 115 Å². The van der Waals surface area contributed by atoms with Crippen molar-refractivity contribution in [1.82, 2.24) is 0 Å². The van der Waals surface area contributed by atoms with Crippen LogP contribution in [0.25, 0.3) is 0 Å². The van der Waals surface area contributed by atoms with Crippen LogP contribution in [0.3, 0.4) is 0 Å². The predicted octanol–water partition coefficient (Wildman–Crippen LogP) is 7.45. The molecule has 0 aliphatic carbocycles. The molecule has 0 spiro atoms. The van der Waals surface area contributed by atoms with Gasteiger partial charge < -0.3 is 0 Å². The minimum atomic E-state index is 0.0359. The lowest BCUT2D eigenvalue weighted by molar-refractivity contribution is 0.101. The number of benzene rings is 5. The fourth-order valence-corrected chi connectivity index (χ4v) is 4.15. The maximum absolute atomic E-state index is 11.5. The first-order valence-electron chi connectivity index (χ1n) is 14.0. The quantitative estimate of drug-likeness (QED) is 0.152. The summed E-state index contributed by atoms with van der Waals surface area (Å²) in [7, 11) is 0. The molecule has 5 aromatic carbocycles. The highest BCUT2D eigenvalue weighted by atomic mass is 16.1. The van der Waals surface area contributed by atoms with Gasteiger partial charge in [0.25, 0.3) is 0 Å². The lowest BCUT2D eigenvalue weighted by Crippen LogP contribution is -1.90. The van der Waals surface area contributed by atoms with Crippen LogP contribution >= 0.6 is 0 Å². The Morgan fingerprint density at radius 2 is 0.600 bits per heavy atom. The third-order valence-electron chi connectivity index (χ3n) is 6.62. The van der Waals surface area contributed by atoms with Crippen molar-refractivity contribution in [2.45, 2.75) is 6.92 Å². The Labute approximate surface area is 265 Å². The molecular weight excluding hydrogens is 544 g/mol. The van der Waals surface area contributed by atoms with E-state index in [0.29, 0.717) is 5.56 Å². The summed E-state index contributed by atoms with van der Waals surface area (Å²) in [6, 6.07) is 36.0. The molecule has 1 nitrogen and oxygen atoms in total. The first kappa shape index (κ1) is 29.6. The molecule has 0 aliphatic heterocycles. The Kier molecular flexibility index (Phi) is 9.44. The van der Waals surface area contributed by atoms with E-state index in [9.17, 15) is 4.79 Å². The lowest BCUT2D eigenvalue weighted by atomic mass is 10.0. The molecule has 0 saturated carbocycles. The first-order chi connectivity index (χ1) is 22.0. The molecule has 0 heterocycles. The molecule has 0 atom stereocenters. The normalized spacial score (nSPS) is 9.22. The summed E-state index contributed by atoms with van der Waals surface area (Å²) < 4.78 is 0. The van der Waals surface area contributed by atoms with E-state index >= 15 is 0 Å². The van der Waals surface area contributed by atoms with Gasteiger partial charge in [-0.05, 0) is 110 Å². The molecule has 0 fully saturated rings. The number of carbonyl (C=O) groups excluding carboxylic acids is 1. The molecule has 0 radical (unpaired) electrons. The van der Waals surface area contributed by atoms with Crippen LogP contribution in [0.5, 0.6) is 0 Å². The number of ketones is 1. The van der Waals surface area contributed by atoms with Crippen LogP contribution in [0.2, 0.25) is 0 Å². The summed E-state index contributed by atoms with van der Waals surface area (Å²) in [5.74, 6) is 31.0. The van der Waals surface area contributed by atoms with Crippen molar-refractivity contribution in [3.63, 3.8) is 0 Å². The Balaban J connectivity index is 1.40. The molecule has 0 unspecified atom stereocenters. The van der Waals surface area contributed by atoms with Crippen molar-refractivity contribution >= 4 is 5.78 Å². The van der Waals surface area contributed by atoms with E-state index in [0.717, 1.165) is 55.6 Å². The summed E-state index contributed by atoms with van der Waals surface area (Å²) in [5, 5.41) is 0. The average molecular weight is 569 g/mol. The van der Waals surface area contributed by atoms with E-state index in [1.807, 2.05) is 103 Å². The molecule has 0 aliphatic rings. The lowest BCUT2D eigenvalue weighted by Gasteiger charge is -1.98. The minimum Gasteiger partial charge on any atom is -0.295 e. The van der Waals surface area contributed by atoms with Crippen molar-refractivity contribution in [3.05, 3.63) is 176 Å². The summed E-state index contributed by atoms with van der Waals surface area (Å²) in [6.45, 7) is 1.55. The zero-order chi connectivity index (χ0) is 31.4. The molecule has 0 aromatic heterocycles. The predicted molar refractivity (Wildman–Crippen MR) is 182 cm³/mol. The Bertz CT molecular complexity index is 2130. The average Bonchev–Trinajstić information content (AvgIpc) is 3.09. The van der Waals surface area contributed by atoms with E-state index in [1.54, 1.807) is 19.1 Å². The third kappa shape index (κ3) is 8.57. The highest BCUT2D eigenvalue weighted by Crippen LogP contribution is 2.12. The first-order valence-corrected chi connectivity index (χ1v) is 14.0. The summed E-state index contributed by atoms with van der Waals surface area (Å²) in [5.41, 5.74) is 9.01. The van der Waals surface area contributed by atoms with Crippen LogP contribution in [0.1, 0.15) is 72.9 Å². The second-order valence-corrected chi connectivity index (χ2v) is 9.95. The Hall–Kier alpha value is -6.87. The molecule has 0 N–H and O–H groups in total. The van der Waals surface area contributed by atoms with E-state index in [4.69, 9.17) is 12.8 Å². The van der Waals surface area contributed by atoms with Gasteiger partial charge in [-0.1, -0.05) is 71.3 Å². The molecule has 5 rings (SSSR count).